The van der Waals surface area contributed by atoms with Gasteiger partial charge in [-0.25, -0.2) is 4.79 Å². The van der Waals surface area contributed by atoms with E-state index in [1.54, 1.807) is 6.08 Å². The summed E-state index contributed by atoms with van der Waals surface area (Å²) in [6, 6.07) is 5.80. The molecule has 2 aromatic rings. The number of carbonyl (C=O) groups is 1. The first-order valence-electron chi connectivity index (χ1n) is 7.46. The number of carboxylic acid groups (broad SMARTS) is 1. The molecule has 2 N–H and O–H groups in total. The van der Waals surface area contributed by atoms with Gasteiger partial charge in [-0.15, -0.1) is 0 Å². The normalized spacial score (nSPS) is 12.6. The van der Waals surface area contributed by atoms with Gasteiger partial charge in [0.1, 0.15) is 0 Å². The van der Waals surface area contributed by atoms with Gasteiger partial charge in [-0.2, -0.15) is 0 Å². The molecule has 0 spiro atoms. The van der Waals surface area contributed by atoms with Crippen LogP contribution in [0.5, 0.6) is 0 Å². The van der Waals surface area contributed by atoms with Crippen LogP contribution >= 0.6 is 12.2 Å². The molecule has 0 aliphatic rings. The number of rotatable bonds is 6. The molecule has 0 radical (unpaired) electrons. The summed E-state index contributed by atoms with van der Waals surface area (Å²) in [5, 5.41) is 8.72. The summed E-state index contributed by atoms with van der Waals surface area (Å²) in [4.78, 5) is 16.0. The topological polar surface area (TPSA) is 61.3 Å². The number of carboxylic acids is 1. The zero-order valence-electron chi connectivity index (χ0n) is 14.0. The van der Waals surface area contributed by atoms with E-state index in [-0.39, 0.29) is 5.41 Å². The molecule has 1 heterocycles. The molecule has 0 unspecified atom stereocenters. The van der Waals surface area contributed by atoms with Crippen molar-refractivity contribution in [3.05, 3.63) is 34.6 Å². The van der Waals surface area contributed by atoms with Crippen molar-refractivity contribution in [3.8, 4) is 0 Å². The maximum atomic E-state index is 10.6. The second kappa shape index (κ2) is 6.68. The minimum Gasteiger partial charge on any atom is -0.478 e. The molecular weight excluding hydrogens is 310 g/mol. The SMILES string of the molecule is CN(C)CC(C)(C)Cn1c(=S)[nH]c2cc(/C=C/C(=O)O)ccc21. The summed E-state index contributed by atoms with van der Waals surface area (Å²) >= 11 is 5.47. The van der Waals surface area contributed by atoms with E-state index in [0.29, 0.717) is 4.77 Å². The maximum Gasteiger partial charge on any atom is 0.328 e. The van der Waals surface area contributed by atoms with Crippen molar-refractivity contribution >= 4 is 35.3 Å². The van der Waals surface area contributed by atoms with Crippen molar-refractivity contribution in [2.45, 2.75) is 20.4 Å². The highest BCUT2D eigenvalue weighted by molar-refractivity contribution is 7.71. The lowest BCUT2D eigenvalue weighted by molar-refractivity contribution is -0.131. The second-order valence-electron chi connectivity index (χ2n) is 6.87. The molecule has 0 atom stereocenters. The Labute approximate surface area is 141 Å². The van der Waals surface area contributed by atoms with Crippen LogP contribution in [0.4, 0.5) is 0 Å². The Morgan fingerprint density at radius 2 is 2.13 bits per heavy atom. The van der Waals surface area contributed by atoms with Crippen molar-refractivity contribution in [1.82, 2.24) is 14.5 Å². The van der Waals surface area contributed by atoms with Gasteiger partial charge in [0, 0.05) is 19.2 Å². The van der Waals surface area contributed by atoms with E-state index in [1.807, 2.05) is 18.2 Å². The van der Waals surface area contributed by atoms with Crippen LogP contribution in [0, 0.1) is 10.2 Å². The number of fused-ring (bicyclic) bond motifs is 1. The predicted octanol–water partition coefficient (Wildman–Crippen LogP) is 3.38. The molecule has 0 saturated heterocycles. The highest BCUT2D eigenvalue weighted by Crippen LogP contribution is 2.24. The summed E-state index contributed by atoms with van der Waals surface area (Å²) in [6.45, 7) is 6.21. The third-order valence-electron chi connectivity index (χ3n) is 3.55. The first-order valence-corrected chi connectivity index (χ1v) is 7.87. The number of benzene rings is 1. The van der Waals surface area contributed by atoms with Gasteiger partial charge >= 0.3 is 5.97 Å². The summed E-state index contributed by atoms with van der Waals surface area (Å²) in [5.74, 6) is -0.957. The van der Waals surface area contributed by atoms with Gasteiger partial charge in [0.25, 0.3) is 0 Å². The van der Waals surface area contributed by atoms with Gasteiger partial charge in [-0.3, -0.25) is 0 Å². The number of aliphatic carboxylic acids is 1. The fourth-order valence-electron chi connectivity index (χ4n) is 2.94. The first kappa shape index (κ1) is 17.4. The van der Waals surface area contributed by atoms with Crippen LogP contribution in [0.2, 0.25) is 0 Å². The number of aromatic amines is 1. The Hall–Kier alpha value is -1.92. The molecule has 1 aromatic carbocycles. The van der Waals surface area contributed by atoms with E-state index < -0.39 is 5.97 Å². The van der Waals surface area contributed by atoms with Crippen LogP contribution in [0.15, 0.2) is 24.3 Å². The lowest BCUT2D eigenvalue weighted by Crippen LogP contribution is -2.32. The summed E-state index contributed by atoms with van der Waals surface area (Å²) < 4.78 is 2.80. The average Bonchev–Trinajstić information content (AvgIpc) is 2.70. The Balaban J connectivity index is 2.37. The minimum atomic E-state index is -0.957. The van der Waals surface area contributed by atoms with E-state index in [0.717, 1.165) is 35.8 Å². The second-order valence-corrected chi connectivity index (χ2v) is 7.25. The number of hydrogen-bond acceptors (Lipinski definition) is 3. The van der Waals surface area contributed by atoms with Crippen molar-refractivity contribution in [2.75, 3.05) is 20.6 Å². The van der Waals surface area contributed by atoms with Crippen molar-refractivity contribution < 1.29 is 9.90 Å². The van der Waals surface area contributed by atoms with E-state index >= 15 is 0 Å². The van der Waals surface area contributed by atoms with E-state index in [4.69, 9.17) is 17.3 Å². The predicted molar refractivity (Wildman–Crippen MR) is 96.1 cm³/mol. The standard InChI is InChI=1S/C17H23N3O2S/c1-17(2,10-19(3)4)11-20-14-7-5-12(6-8-15(21)22)9-13(14)18-16(20)23/h5-9H,10-11H2,1-4H3,(H,18,23)(H,21,22)/b8-6+. The molecule has 2 rings (SSSR count). The van der Waals surface area contributed by atoms with Gasteiger partial charge in [0.05, 0.1) is 11.0 Å². The first-order chi connectivity index (χ1) is 10.7. The number of nitrogens with one attached hydrogen (secondary N) is 1. The molecule has 0 fully saturated rings. The molecule has 5 nitrogen and oxygen atoms in total. The molecule has 124 valence electrons. The Kier molecular flexibility index (Phi) is 5.06. The molecule has 0 bridgehead atoms. The molecule has 6 heteroatoms. The summed E-state index contributed by atoms with van der Waals surface area (Å²) in [6.07, 6.45) is 2.71. The largest absolute Gasteiger partial charge is 0.478 e. The molecular formula is C17H23N3O2S. The van der Waals surface area contributed by atoms with Crippen LogP contribution in [-0.2, 0) is 11.3 Å². The number of hydrogen-bond donors (Lipinski definition) is 2. The third kappa shape index (κ3) is 4.53. The summed E-state index contributed by atoms with van der Waals surface area (Å²) in [7, 11) is 4.13. The molecule has 0 amide bonds. The highest BCUT2D eigenvalue weighted by atomic mass is 32.1. The highest BCUT2D eigenvalue weighted by Gasteiger charge is 2.21. The Morgan fingerprint density at radius 1 is 1.43 bits per heavy atom. The monoisotopic (exact) mass is 333 g/mol. The minimum absolute atomic E-state index is 0.0821. The molecule has 1 aromatic heterocycles. The lowest BCUT2D eigenvalue weighted by Gasteiger charge is -2.28. The Bertz CT molecular complexity index is 800. The van der Waals surface area contributed by atoms with Crippen LogP contribution in [-0.4, -0.2) is 46.2 Å². The van der Waals surface area contributed by atoms with Crippen molar-refractivity contribution in [3.63, 3.8) is 0 Å². The van der Waals surface area contributed by atoms with E-state index in [2.05, 4.69) is 42.4 Å². The average molecular weight is 333 g/mol. The van der Waals surface area contributed by atoms with Crippen molar-refractivity contribution in [2.24, 2.45) is 5.41 Å². The number of nitrogens with zero attached hydrogens (tertiary/aromatic N) is 2. The van der Waals surface area contributed by atoms with Gasteiger partial charge in [0.15, 0.2) is 4.77 Å². The van der Waals surface area contributed by atoms with Crippen LogP contribution in [0.3, 0.4) is 0 Å². The van der Waals surface area contributed by atoms with Gasteiger partial charge in [-0.05, 0) is 55.5 Å². The third-order valence-corrected chi connectivity index (χ3v) is 3.87. The van der Waals surface area contributed by atoms with Crippen LogP contribution in [0.25, 0.3) is 17.1 Å². The van der Waals surface area contributed by atoms with Crippen LogP contribution in [0.1, 0.15) is 19.4 Å². The lowest BCUT2D eigenvalue weighted by atomic mass is 9.93. The smallest absolute Gasteiger partial charge is 0.328 e. The van der Waals surface area contributed by atoms with E-state index in [1.165, 1.54) is 0 Å². The van der Waals surface area contributed by atoms with Gasteiger partial charge < -0.3 is 19.6 Å². The Morgan fingerprint density at radius 3 is 2.74 bits per heavy atom. The summed E-state index contributed by atoms with van der Waals surface area (Å²) in [5.41, 5.74) is 2.87. The zero-order valence-corrected chi connectivity index (χ0v) is 14.8. The van der Waals surface area contributed by atoms with Gasteiger partial charge in [0.2, 0.25) is 0 Å². The number of imidazole rings is 1. The zero-order chi connectivity index (χ0) is 17.2. The quantitative estimate of drug-likeness (QED) is 0.628. The maximum absolute atomic E-state index is 10.6. The fraction of sp³-hybridized carbons (Fsp3) is 0.412. The van der Waals surface area contributed by atoms with E-state index in [9.17, 15) is 4.79 Å². The molecule has 23 heavy (non-hydrogen) atoms. The van der Waals surface area contributed by atoms with Gasteiger partial charge in [-0.1, -0.05) is 19.9 Å². The molecule has 0 aliphatic carbocycles. The van der Waals surface area contributed by atoms with Crippen molar-refractivity contribution in [1.29, 1.82) is 0 Å². The number of aromatic nitrogens is 2. The molecule has 0 saturated carbocycles. The van der Waals surface area contributed by atoms with Crippen LogP contribution < -0.4 is 0 Å². The molecule has 0 aliphatic heterocycles. The number of H-pyrrole nitrogens is 1. The fourth-order valence-corrected chi connectivity index (χ4v) is 3.22.